The van der Waals surface area contributed by atoms with Gasteiger partial charge in [0, 0.05) is 22.5 Å². The van der Waals surface area contributed by atoms with Crippen LogP contribution in [0.5, 0.6) is 11.5 Å². The molecule has 8 aromatic carbocycles. The second kappa shape index (κ2) is 11.8. The van der Waals surface area contributed by atoms with E-state index in [1.54, 1.807) is 0 Å². The molecule has 1 spiro atoms. The van der Waals surface area contributed by atoms with Gasteiger partial charge in [0.2, 0.25) is 0 Å². The Labute approximate surface area is 298 Å². The Morgan fingerprint density at radius 2 is 0.843 bits per heavy atom. The van der Waals surface area contributed by atoms with E-state index in [1.165, 1.54) is 33.4 Å². The maximum absolute atomic E-state index is 6.92. The van der Waals surface area contributed by atoms with Crippen molar-refractivity contribution in [2.75, 3.05) is 4.90 Å². The van der Waals surface area contributed by atoms with Gasteiger partial charge in [-0.3, -0.25) is 0 Å². The van der Waals surface area contributed by atoms with Crippen LogP contribution in [0.25, 0.3) is 33.4 Å². The lowest BCUT2D eigenvalue weighted by Gasteiger charge is -2.42. The molecular formula is C49H33NO. The fourth-order valence-electron chi connectivity index (χ4n) is 8.42. The zero-order valence-electron chi connectivity index (χ0n) is 27.9. The van der Waals surface area contributed by atoms with Gasteiger partial charge in [-0.15, -0.1) is 0 Å². The summed E-state index contributed by atoms with van der Waals surface area (Å²) < 4.78 is 6.92. The Kier molecular flexibility index (Phi) is 6.75. The van der Waals surface area contributed by atoms with Crippen molar-refractivity contribution < 1.29 is 4.74 Å². The number of rotatable bonds is 5. The van der Waals surface area contributed by atoms with E-state index in [1.807, 2.05) is 0 Å². The normalized spacial score (nSPS) is 13.0. The van der Waals surface area contributed by atoms with Crippen molar-refractivity contribution in [3.63, 3.8) is 0 Å². The minimum absolute atomic E-state index is 0.611. The summed E-state index contributed by atoms with van der Waals surface area (Å²) in [7, 11) is 0. The van der Waals surface area contributed by atoms with Gasteiger partial charge in [-0.1, -0.05) is 152 Å². The zero-order valence-corrected chi connectivity index (χ0v) is 27.9. The van der Waals surface area contributed by atoms with E-state index in [4.69, 9.17) is 4.74 Å². The summed E-state index contributed by atoms with van der Waals surface area (Å²) in [5.74, 6) is 1.75. The largest absolute Gasteiger partial charge is 0.457 e. The van der Waals surface area contributed by atoms with E-state index in [9.17, 15) is 0 Å². The van der Waals surface area contributed by atoms with Crippen LogP contribution >= 0.6 is 0 Å². The Hall–Kier alpha value is -6.64. The minimum Gasteiger partial charge on any atom is -0.457 e. The van der Waals surface area contributed by atoms with Crippen LogP contribution in [-0.2, 0) is 5.41 Å². The molecular weight excluding hydrogens is 619 g/mol. The van der Waals surface area contributed by atoms with Crippen molar-refractivity contribution in [2.45, 2.75) is 5.41 Å². The predicted molar refractivity (Wildman–Crippen MR) is 209 cm³/mol. The lowest BCUT2D eigenvalue weighted by Crippen LogP contribution is -2.34. The SMILES string of the molecule is c1ccc(-c2cc(-c3ccccc3)cc(N(c3ccccc3)c3cccc4c3C3(c5ccccc5O4)c4ccccc4-c4ccccc43)c2)cc1. The number of para-hydroxylation sites is 2. The molecule has 0 bridgehead atoms. The first-order valence-electron chi connectivity index (χ1n) is 17.5. The predicted octanol–water partition coefficient (Wildman–Crippen LogP) is 13.0. The van der Waals surface area contributed by atoms with Crippen molar-refractivity contribution in [1.82, 2.24) is 0 Å². The van der Waals surface area contributed by atoms with Crippen LogP contribution in [-0.4, -0.2) is 0 Å². The quantitative estimate of drug-likeness (QED) is 0.184. The number of fused-ring (bicyclic) bond motifs is 9. The third kappa shape index (κ3) is 4.50. The Morgan fingerprint density at radius 1 is 0.353 bits per heavy atom. The van der Waals surface area contributed by atoms with E-state index >= 15 is 0 Å². The molecule has 10 rings (SSSR count). The number of nitrogens with zero attached hydrogens (tertiary/aromatic N) is 1. The molecule has 0 saturated heterocycles. The summed E-state index contributed by atoms with van der Waals surface area (Å²) in [5.41, 5.74) is 14.6. The van der Waals surface area contributed by atoms with Crippen LogP contribution in [0, 0.1) is 0 Å². The average molecular weight is 652 g/mol. The highest BCUT2D eigenvalue weighted by atomic mass is 16.5. The number of anilines is 3. The third-order valence-electron chi connectivity index (χ3n) is 10.5. The molecule has 1 heterocycles. The number of hydrogen-bond acceptors (Lipinski definition) is 2. The molecule has 51 heavy (non-hydrogen) atoms. The molecule has 8 aromatic rings. The van der Waals surface area contributed by atoms with Crippen LogP contribution in [0.15, 0.2) is 200 Å². The summed E-state index contributed by atoms with van der Waals surface area (Å²) in [4.78, 5) is 2.43. The summed E-state index contributed by atoms with van der Waals surface area (Å²) >= 11 is 0. The highest BCUT2D eigenvalue weighted by Crippen LogP contribution is 2.64. The molecule has 2 heteroatoms. The van der Waals surface area contributed by atoms with Crippen LogP contribution < -0.4 is 9.64 Å². The van der Waals surface area contributed by atoms with Crippen LogP contribution in [0.4, 0.5) is 17.1 Å². The maximum atomic E-state index is 6.92. The van der Waals surface area contributed by atoms with Crippen LogP contribution in [0.3, 0.4) is 0 Å². The third-order valence-corrected chi connectivity index (χ3v) is 10.5. The molecule has 1 aliphatic heterocycles. The van der Waals surface area contributed by atoms with Gasteiger partial charge >= 0.3 is 0 Å². The van der Waals surface area contributed by atoms with E-state index < -0.39 is 5.41 Å². The monoisotopic (exact) mass is 651 g/mol. The van der Waals surface area contributed by atoms with Crippen LogP contribution in [0.2, 0.25) is 0 Å². The topological polar surface area (TPSA) is 12.5 Å². The smallest absolute Gasteiger partial charge is 0.134 e. The van der Waals surface area contributed by atoms with Gasteiger partial charge in [0.1, 0.15) is 11.5 Å². The molecule has 0 fully saturated rings. The lowest BCUT2D eigenvalue weighted by atomic mass is 9.65. The second-order valence-corrected chi connectivity index (χ2v) is 13.3. The van der Waals surface area contributed by atoms with Gasteiger partial charge in [0.25, 0.3) is 0 Å². The fourth-order valence-corrected chi connectivity index (χ4v) is 8.42. The van der Waals surface area contributed by atoms with Crippen molar-refractivity contribution in [3.05, 3.63) is 222 Å². The summed E-state index contributed by atoms with van der Waals surface area (Å²) in [5, 5.41) is 0. The summed E-state index contributed by atoms with van der Waals surface area (Å²) in [6.07, 6.45) is 0. The first-order chi connectivity index (χ1) is 25.3. The minimum atomic E-state index is -0.611. The van der Waals surface area contributed by atoms with Gasteiger partial charge in [-0.2, -0.15) is 0 Å². The van der Waals surface area contributed by atoms with Crippen LogP contribution in [0.1, 0.15) is 22.3 Å². The molecule has 0 aromatic heterocycles. The van der Waals surface area contributed by atoms with Gasteiger partial charge in [-0.25, -0.2) is 0 Å². The molecule has 1 aliphatic carbocycles. The standard InChI is InChI=1S/C49H33NO/c1-4-17-34(18-5-1)36-31-37(35-19-6-2-7-20-35)33-39(32-36)50(38-21-8-3-9-22-38)45-28-16-30-47-48(45)49(44-27-14-15-29-46(44)51-47)42-25-12-10-23-40(42)41-24-11-13-26-43(41)49/h1-33H. The highest BCUT2D eigenvalue weighted by Gasteiger charge is 2.52. The summed E-state index contributed by atoms with van der Waals surface area (Å²) in [6, 6.07) is 72.0. The van der Waals surface area contributed by atoms with Crippen molar-refractivity contribution in [3.8, 4) is 44.9 Å². The first-order valence-corrected chi connectivity index (χ1v) is 17.5. The number of benzene rings is 8. The Balaban J connectivity index is 1.32. The fraction of sp³-hybridized carbons (Fsp3) is 0.0204. The molecule has 0 saturated carbocycles. The molecule has 0 N–H and O–H groups in total. The second-order valence-electron chi connectivity index (χ2n) is 13.3. The summed E-state index contributed by atoms with van der Waals surface area (Å²) in [6.45, 7) is 0. The van der Waals surface area contributed by atoms with Gasteiger partial charge < -0.3 is 9.64 Å². The lowest BCUT2D eigenvalue weighted by molar-refractivity contribution is 0.437. The maximum Gasteiger partial charge on any atom is 0.134 e. The van der Waals surface area contributed by atoms with Gasteiger partial charge in [0.05, 0.1) is 11.1 Å². The number of hydrogen-bond donors (Lipinski definition) is 0. The molecule has 2 aliphatic rings. The molecule has 0 atom stereocenters. The molecule has 2 nitrogen and oxygen atoms in total. The number of ether oxygens (including phenoxy) is 1. The molecule has 0 radical (unpaired) electrons. The Bertz CT molecular complexity index is 2450. The van der Waals surface area contributed by atoms with E-state index in [-0.39, 0.29) is 0 Å². The van der Waals surface area contributed by atoms with E-state index in [2.05, 4.69) is 205 Å². The van der Waals surface area contributed by atoms with Gasteiger partial charge in [-0.05, 0) is 93.0 Å². The molecule has 240 valence electrons. The first kappa shape index (κ1) is 29.3. The Morgan fingerprint density at radius 3 is 1.45 bits per heavy atom. The van der Waals surface area contributed by atoms with Crippen molar-refractivity contribution >= 4 is 17.1 Å². The van der Waals surface area contributed by atoms with E-state index in [0.29, 0.717) is 0 Å². The average Bonchev–Trinajstić information content (AvgIpc) is 3.49. The van der Waals surface area contributed by atoms with Gasteiger partial charge in [0.15, 0.2) is 0 Å². The molecule has 0 unspecified atom stereocenters. The molecule has 0 amide bonds. The van der Waals surface area contributed by atoms with Crippen molar-refractivity contribution in [2.24, 2.45) is 0 Å². The van der Waals surface area contributed by atoms with E-state index in [0.717, 1.165) is 50.8 Å². The zero-order chi connectivity index (χ0) is 33.8. The van der Waals surface area contributed by atoms with Crippen molar-refractivity contribution in [1.29, 1.82) is 0 Å². The highest BCUT2D eigenvalue weighted by molar-refractivity contribution is 5.94.